The van der Waals surface area contributed by atoms with E-state index < -0.39 is 5.97 Å². The predicted octanol–water partition coefficient (Wildman–Crippen LogP) is 0.574. The fourth-order valence-corrected chi connectivity index (χ4v) is 0.490. The van der Waals surface area contributed by atoms with Gasteiger partial charge in [0.2, 0.25) is 0 Å². The number of carboxylic acid groups (broad SMARTS) is 1. The summed E-state index contributed by atoms with van der Waals surface area (Å²) in [6.07, 6.45) is 0. The minimum atomic E-state index is -0.929. The largest absolute Gasteiger partial charge is 0.478 e. The van der Waals surface area contributed by atoms with E-state index in [0.717, 1.165) is 0 Å². The third-order valence-electron chi connectivity index (χ3n) is 1.55. The molecule has 0 amide bonds. The van der Waals surface area contributed by atoms with Gasteiger partial charge in [-0.3, -0.25) is 0 Å². The maximum absolute atomic E-state index is 10.3. The van der Waals surface area contributed by atoms with E-state index in [1.165, 1.54) is 7.05 Å². The molecule has 0 rings (SSSR count). The van der Waals surface area contributed by atoms with Crippen LogP contribution in [0.4, 0.5) is 0 Å². The van der Waals surface area contributed by atoms with Crippen molar-refractivity contribution in [2.75, 3.05) is 21.1 Å². The first kappa shape index (κ1) is 18.3. The van der Waals surface area contributed by atoms with Gasteiger partial charge in [-0.2, -0.15) is 0 Å². The van der Waals surface area contributed by atoms with Crippen LogP contribution in [0.2, 0.25) is 0 Å². The predicted molar refractivity (Wildman–Crippen MR) is 57.3 cm³/mol. The Hall–Kier alpha value is -0.580. The number of nitrogens with zero attached hydrogens (tertiary/aromatic N) is 1. The number of halogens is 1. The van der Waals surface area contributed by atoms with Crippen molar-refractivity contribution >= 4 is 18.4 Å². The molecule has 13 heavy (non-hydrogen) atoms. The van der Waals surface area contributed by atoms with Crippen LogP contribution in [0.25, 0.3) is 0 Å². The summed E-state index contributed by atoms with van der Waals surface area (Å²) in [4.78, 5) is 12.1. The first-order chi connectivity index (χ1) is 5.46. The summed E-state index contributed by atoms with van der Waals surface area (Å²) in [5, 5.41) is 8.48. The molecule has 0 spiro atoms. The molecule has 5 heteroatoms. The fraction of sp³-hybridized carbons (Fsp3) is 0.625. The molecular weight excluding hydrogens is 192 g/mol. The zero-order valence-corrected chi connectivity index (χ0v) is 9.39. The topological polar surface area (TPSA) is 66.6 Å². The van der Waals surface area contributed by atoms with Crippen molar-refractivity contribution in [3.63, 3.8) is 0 Å². The van der Waals surface area contributed by atoms with Crippen molar-refractivity contribution in [2.45, 2.75) is 13.0 Å². The van der Waals surface area contributed by atoms with E-state index in [-0.39, 0.29) is 24.0 Å². The molecular formula is C8H19ClN2O2. The summed E-state index contributed by atoms with van der Waals surface area (Å²) in [6.45, 7) is 5.24. The molecule has 4 nitrogen and oxygen atoms in total. The minimum absolute atomic E-state index is 0. The van der Waals surface area contributed by atoms with Crippen LogP contribution in [0.5, 0.6) is 0 Å². The molecule has 0 fully saturated rings. The summed E-state index contributed by atoms with van der Waals surface area (Å²) < 4.78 is 0. The average molecular weight is 211 g/mol. The van der Waals surface area contributed by atoms with E-state index in [1.807, 2.05) is 14.1 Å². The zero-order chi connectivity index (χ0) is 10.3. The Kier molecular flexibility index (Phi) is 13.3. The Morgan fingerprint density at radius 2 is 1.77 bits per heavy atom. The second-order valence-electron chi connectivity index (χ2n) is 2.47. The van der Waals surface area contributed by atoms with Gasteiger partial charge in [0.1, 0.15) is 0 Å². The Morgan fingerprint density at radius 1 is 1.46 bits per heavy atom. The first-order valence-corrected chi connectivity index (χ1v) is 3.63. The standard InChI is InChI=1S/C7H13NO2.CH5N.ClH/c1-5(7(9)10)6(2)8(3)4;1-2;/h6H,1H2,2-4H3,(H,9,10);2H2,1H3;1H. The van der Waals surface area contributed by atoms with Crippen LogP contribution in [0.1, 0.15) is 6.92 Å². The number of hydrogen-bond donors (Lipinski definition) is 2. The number of nitrogens with two attached hydrogens (primary N) is 1. The molecule has 0 aliphatic rings. The van der Waals surface area contributed by atoms with Crippen LogP contribution in [0.15, 0.2) is 12.2 Å². The highest BCUT2D eigenvalue weighted by Gasteiger charge is 2.14. The van der Waals surface area contributed by atoms with Gasteiger partial charge in [0, 0.05) is 11.6 Å². The van der Waals surface area contributed by atoms with Gasteiger partial charge in [0.05, 0.1) is 0 Å². The lowest BCUT2D eigenvalue weighted by Gasteiger charge is -2.18. The number of aliphatic carboxylic acids is 1. The van der Waals surface area contributed by atoms with Crippen LogP contribution in [0, 0.1) is 0 Å². The number of carbonyl (C=O) groups is 1. The third-order valence-corrected chi connectivity index (χ3v) is 1.55. The van der Waals surface area contributed by atoms with E-state index in [0.29, 0.717) is 0 Å². The van der Waals surface area contributed by atoms with Crippen molar-refractivity contribution in [1.29, 1.82) is 0 Å². The van der Waals surface area contributed by atoms with Crippen LogP contribution in [-0.4, -0.2) is 43.2 Å². The molecule has 0 bridgehead atoms. The first-order valence-electron chi connectivity index (χ1n) is 3.63. The Balaban J connectivity index is -0.000000309. The minimum Gasteiger partial charge on any atom is -0.478 e. The molecule has 0 aromatic heterocycles. The fourth-order valence-electron chi connectivity index (χ4n) is 0.490. The molecule has 0 aliphatic heterocycles. The molecule has 0 aromatic rings. The van der Waals surface area contributed by atoms with Gasteiger partial charge in [-0.05, 0) is 28.1 Å². The maximum Gasteiger partial charge on any atom is 0.332 e. The van der Waals surface area contributed by atoms with Gasteiger partial charge in [0.25, 0.3) is 0 Å². The molecule has 1 atom stereocenters. The number of hydrogen-bond acceptors (Lipinski definition) is 3. The van der Waals surface area contributed by atoms with Gasteiger partial charge in [-0.25, -0.2) is 4.79 Å². The van der Waals surface area contributed by atoms with Crippen LogP contribution < -0.4 is 5.73 Å². The third kappa shape index (κ3) is 7.77. The molecule has 0 aromatic carbocycles. The summed E-state index contributed by atoms with van der Waals surface area (Å²) in [6, 6.07) is -0.0995. The highest BCUT2D eigenvalue weighted by atomic mass is 35.5. The SMILES string of the molecule is C=C(C(=O)O)C(C)N(C)C.CN.Cl. The smallest absolute Gasteiger partial charge is 0.332 e. The molecule has 0 saturated carbocycles. The molecule has 1 unspecified atom stereocenters. The average Bonchev–Trinajstić information content (AvgIpc) is 2.05. The number of rotatable bonds is 3. The molecule has 80 valence electrons. The van der Waals surface area contributed by atoms with Gasteiger partial charge < -0.3 is 15.7 Å². The molecule has 3 N–H and O–H groups in total. The zero-order valence-electron chi connectivity index (χ0n) is 8.57. The van der Waals surface area contributed by atoms with Crippen molar-refractivity contribution < 1.29 is 9.90 Å². The Labute approximate surface area is 85.8 Å². The maximum atomic E-state index is 10.3. The summed E-state index contributed by atoms with van der Waals surface area (Å²) in [5.41, 5.74) is 4.73. The molecule has 0 aliphatic carbocycles. The van der Waals surface area contributed by atoms with Crippen LogP contribution in [-0.2, 0) is 4.79 Å². The van der Waals surface area contributed by atoms with Gasteiger partial charge in [-0.15, -0.1) is 12.4 Å². The van der Waals surface area contributed by atoms with Crippen molar-refractivity contribution in [2.24, 2.45) is 5.73 Å². The quantitative estimate of drug-likeness (QED) is 0.669. The normalized spacial score (nSPS) is 10.6. The summed E-state index contributed by atoms with van der Waals surface area (Å²) >= 11 is 0. The highest BCUT2D eigenvalue weighted by Crippen LogP contribution is 2.03. The Morgan fingerprint density at radius 3 is 1.85 bits per heavy atom. The summed E-state index contributed by atoms with van der Waals surface area (Å²) in [7, 11) is 5.14. The van der Waals surface area contributed by atoms with E-state index in [2.05, 4.69) is 12.3 Å². The van der Waals surface area contributed by atoms with Crippen LogP contribution in [0.3, 0.4) is 0 Å². The summed E-state index contributed by atoms with van der Waals surface area (Å²) in [5.74, 6) is -0.929. The van der Waals surface area contributed by atoms with Gasteiger partial charge >= 0.3 is 5.97 Å². The highest BCUT2D eigenvalue weighted by molar-refractivity contribution is 5.87. The molecule has 0 radical (unpaired) electrons. The van der Waals surface area contributed by atoms with Crippen molar-refractivity contribution in [1.82, 2.24) is 4.90 Å². The van der Waals surface area contributed by atoms with Gasteiger partial charge in [0.15, 0.2) is 0 Å². The molecule has 0 saturated heterocycles. The Bertz CT molecular complexity index is 160. The second-order valence-corrected chi connectivity index (χ2v) is 2.47. The molecule has 0 heterocycles. The second kappa shape index (κ2) is 9.51. The van der Waals surface area contributed by atoms with Crippen LogP contribution >= 0.6 is 12.4 Å². The lowest BCUT2D eigenvalue weighted by Crippen LogP contribution is -2.29. The lowest BCUT2D eigenvalue weighted by atomic mass is 10.1. The lowest BCUT2D eigenvalue weighted by molar-refractivity contribution is -0.133. The van der Waals surface area contributed by atoms with Crippen molar-refractivity contribution in [3.05, 3.63) is 12.2 Å². The monoisotopic (exact) mass is 210 g/mol. The van der Waals surface area contributed by atoms with Crippen molar-refractivity contribution in [3.8, 4) is 0 Å². The van der Waals surface area contributed by atoms with E-state index in [9.17, 15) is 4.79 Å². The van der Waals surface area contributed by atoms with E-state index in [4.69, 9.17) is 5.11 Å². The van der Waals surface area contributed by atoms with E-state index >= 15 is 0 Å². The van der Waals surface area contributed by atoms with Gasteiger partial charge in [-0.1, -0.05) is 6.58 Å². The number of carboxylic acids is 1. The number of likely N-dealkylation sites (N-methyl/N-ethyl adjacent to an activating group) is 1. The van der Waals surface area contributed by atoms with E-state index in [1.54, 1.807) is 11.8 Å².